The van der Waals surface area contributed by atoms with Crippen molar-refractivity contribution in [3.63, 3.8) is 0 Å². The molecule has 13 heavy (non-hydrogen) atoms. The van der Waals surface area contributed by atoms with E-state index >= 15 is 0 Å². The molecule has 0 saturated carbocycles. The van der Waals surface area contributed by atoms with Gasteiger partial charge in [0.2, 0.25) is 5.78 Å². The van der Waals surface area contributed by atoms with Crippen molar-refractivity contribution < 1.29 is 19.5 Å². The number of amides is 1. The molecule has 1 heterocycles. The number of carboxylic acid groups (broad SMARTS) is 1. The molecule has 0 radical (unpaired) electrons. The maximum absolute atomic E-state index is 11.2. The Labute approximate surface area is 75.3 Å². The molecule has 5 heteroatoms. The fourth-order valence-corrected chi connectivity index (χ4v) is 1.34. The lowest BCUT2D eigenvalue weighted by Gasteiger charge is -2.11. The molecule has 5 nitrogen and oxygen atoms in total. The monoisotopic (exact) mass is 185 g/mol. The van der Waals surface area contributed by atoms with Gasteiger partial charge >= 0.3 is 5.97 Å². The Morgan fingerprint density at radius 2 is 2.15 bits per heavy atom. The first-order valence-electron chi connectivity index (χ1n) is 4.06. The molecule has 1 rings (SSSR count). The Hall–Kier alpha value is -1.39. The number of rotatable bonds is 1. The Bertz CT molecular complexity index is 261. The van der Waals surface area contributed by atoms with Gasteiger partial charge in [-0.3, -0.25) is 14.4 Å². The summed E-state index contributed by atoms with van der Waals surface area (Å²) in [6.45, 7) is 0.453. The van der Waals surface area contributed by atoms with Gasteiger partial charge in [-0.2, -0.15) is 0 Å². The number of carbonyl (C=O) groups excluding carboxylic acids is 2. The smallest absolute Gasteiger partial charge is 0.314 e. The molecule has 0 spiro atoms. The van der Waals surface area contributed by atoms with Gasteiger partial charge in [0.15, 0.2) is 0 Å². The van der Waals surface area contributed by atoms with E-state index in [1.54, 1.807) is 0 Å². The first-order chi connectivity index (χ1) is 6.04. The molecule has 1 saturated heterocycles. The van der Waals surface area contributed by atoms with Gasteiger partial charge in [0.25, 0.3) is 5.91 Å². The number of carboxylic acids is 1. The molecule has 0 aliphatic carbocycles. The number of likely N-dealkylation sites (tertiary alicyclic amines) is 1. The molecule has 72 valence electrons. The van der Waals surface area contributed by atoms with Crippen LogP contribution in [0.15, 0.2) is 0 Å². The molecule has 1 amide bonds. The van der Waals surface area contributed by atoms with Crippen LogP contribution in [-0.2, 0) is 14.4 Å². The quantitative estimate of drug-likeness (QED) is 0.441. The summed E-state index contributed by atoms with van der Waals surface area (Å²) in [6.07, 6.45) is 0.815. The highest BCUT2D eigenvalue weighted by Gasteiger charge is 2.35. The minimum Gasteiger partial charge on any atom is -0.481 e. The van der Waals surface area contributed by atoms with E-state index in [1.807, 2.05) is 0 Å². The Morgan fingerprint density at radius 1 is 1.54 bits per heavy atom. The van der Waals surface area contributed by atoms with E-state index in [0.29, 0.717) is 13.0 Å². The van der Waals surface area contributed by atoms with Gasteiger partial charge in [-0.25, -0.2) is 0 Å². The zero-order valence-corrected chi connectivity index (χ0v) is 7.32. The van der Waals surface area contributed by atoms with E-state index in [2.05, 4.69) is 0 Å². The van der Waals surface area contributed by atoms with Gasteiger partial charge in [0.05, 0.1) is 0 Å². The van der Waals surface area contributed by atoms with E-state index in [0.717, 1.165) is 0 Å². The van der Waals surface area contributed by atoms with Gasteiger partial charge in [0, 0.05) is 13.6 Å². The highest BCUT2D eigenvalue weighted by molar-refractivity contribution is 6.40. The van der Waals surface area contributed by atoms with Crippen molar-refractivity contribution in [1.82, 2.24) is 4.90 Å². The molecular formula is C8H11NO4. The number of hydrogen-bond acceptors (Lipinski definition) is 3. The number of carbonyl (C=O) groups is 3. The number of aliphatic carboxylic acids is 1. The van der Waals surface area contributed by atoms with Crippen LogP contribution in [-0.4, -0.2) is 41.3 Å². The highest BCUT2D eigenvalue weighted by Crippen LogP contribution is 2.14. The maximum atomic E-state index is 11.2. The molecule has 1 aliphatic heterocycles. The highest BCUT2D eigenvalue weighted by atomic mass is 16.4. The third-order valence-corrected chi connectivity index (χ3v) is 2.16. The van der Waals surface area contributed by atoms with Gasteiger partial charge < -0.3 is 10.0 Å². The van der Waals surface area contributed by atoms with E-state index in [-0.39, 0.29) is 6.42 Å². The van der Waals surface area contributed by atoms with Crippen LogP contribution in [0.1, 0.15) is 12.8 Å². The second-order valence-electron chi connectivity index (χ2n) is 3.12. The number of Topliss-reactive ketones (excluding diaryl/α,β-unsaturated/α-hetero) is 1. The van der Waals surface area contributed by atoms with Crippen molar-refractivity contribution in [3.8, 4) is 0 Å². The SMILES string of the molecule is CN1CCCC(C(=O)O)C(=O)C1=O. The number of hydrogen-bond donors (Lipinski definition) is 1. The molecule has 0 aromatic heterocycles. The molecule has 1 aliphatic rings. The van der Waals surface area contributed by atoms with Gasteiger partial charge in [-0.05, 0) is 12.8 Å². The summed E-state index contributed by atoms with van der Waals surface area (Å²) in [4.78, 5) is 34.2. The summed E-state index contributed by atoms with van der Waals surface area (Å²) in [5.41, 5.74) is 0. The fourth-order valence-electron chi connectivity index (χ4n) is 1.34. The van der Waals surface area contributed by atoms with Crippen molar-refractivity contribution in [3.05, 3.63) is 0 Å². The van der Waals surface area contributed by atoms with Crippen LogP contribution in [0.2, 0.25) is 0 Å². The summed E-state index contributed by atoms with van der Waals surface area (Å²) >= 11 is 0. The third-order valence-electron chi connectivity index (χ3n) is 2.16. The normalized spacial score (nSPS) is 24.4. The largest absolute Gasteiger partial charge is 0.481 e. The van der Waals surface area contributed by atoms with Crippen molar-refractivity contribution >= 4 is 17.7 Å². The van der Waals surface area contributed by atoms with Crippen LogP contribution in [0.3, 0.4) is 0 Å². The molecule has 1 N–H and O–H groups in total. The van der Waals surface area contributed by atoms with E-state index < -0.39 is 23.6 Å². The summed E-state index contributed by atoms with van der Waals surface area (Å²) in [6, 6.07) is 0. The van der Waals surface area contributed by atoms with Gasteiger partial charge in [-0.1, -0.05) is 0 Å². The predicted molar refractivity (Wildman–Crippen MR) is 43.0 cm³/mol. The number of likely N-dealkylation sites (N-methyl/N-ethyl adjacent to an activating group) is 1. The summed E-state index contributed by atoms with van der Waals surface area (Å²) < 4.78 is 0. The Balaban J connectivity index is 2.85. The minimum absolute atomic E-state index is 0.254. The maximum Gasteiger partial charge on any atom is 0.314 e. The average Bonchev–Trinajstić information content (AvgIpc) is 2.18. The summed E-state index contributed by atoms with van der Waals surface area (Å²) in [7, 11) is 1.50. The summed E-state index contributed by atoms with van der Waals surface area (Å²) in [5.74, 6) is -3.83. The van der Waals surface area contributed by atoms with Crippen molar-refractivity contribution in [2.45, 2.75) is 12.8 Å². The Morgan fingerprint density at radius 3 is 2.69 bits per heavy atom. The molecule has 1 atom stereocenters. The zero-order chi connectivity index (χ0) is 10.0. The standard InChI is InChI=1S/C8H11NO4/c1-9-4-2-3-5(8(12)13)6(10)7(9)11/h5H,2-4H2,1H3,(H,12,13). The van der Waals surface area contributed by atoms with E-state index in [4.69, 9.17) is 5.11 Å². The van der Waals surface area contributed by atoms with Crippen molar-refractivity contribution in [1.29, 1.82) is 0 Å². The van der Waals surface area contributed by atoms with Gasteiger partial charge in [0.1, 0.15) is 5.92 Å². The lowest BCUT2D eigenvalue weighted by Crippen LogP contribution is -2.36. The van der Waals surface area contributed by atoms with Crippen LogP contribution >= 0.6 is 0 Å². The molecule has 0 aromatic rings. The molecule has 1 unspecified atom stereocenters. The van der Waals surface area contributed by atoms with Crippen molar-refractivity contribution in [2.24, 2.45) is 5.92 Å². The average molecular weight is 185 g/mol. The van der Waals surface area contributed by atoms with Crippen LogP contribution in [0, 0.1) is 5.92 Å². The Kier molecular flexibility index (Phi) is 2.65. The van der Waals surface area contributed by atoms with E-state index in [1.165, 1.54) is 11.9 Å². The van der Waals surface area contributed by atoms with Crippen molar-refractivity contribution in [2.75, 3.05) is 13.6 Å². The second-order valence-corrected chi connectivity index (χ2v) is 3.12. The number of nitrogens with zero attached hydrogens (tertiary/aromatic N) is 1. The topological polar surface area (TPSA) is 74.7 Å². The lowest BCUT2D eigenvalue weighted by molar-refractivity contribution is -0.152. The summed E-state index contributed by atoms with van der Waals surface area (Å²) in [5, 5.41) is 8.65. The number of ketones is 1. The third kappa shape index (κ3) is 1.85. The van der Waals surface area contributed by atoms with Gasteiger partial charge in [-0.15, -0.1) is 0 Å². The fraction of sp³-hybridized carbons (Fsp3) is 0.625. The molecule has 1 fully saturated rings. The molecule has 0 aromatic carbocycles. The minimum atomic E-state index is -1.20. The zero-order valence-electron chi connectivity index (χ0n) is 7.32. The van der Waals surface area contributed by atoms with Crippen LogP contribution in [0.25, 0.3) is 0 Å². The van der Waals surface area contributed by atoms with E-state index in [9.17, 15) is 14.4 Å². The predicted octanol–water partition coefficient (Wildman–Crippen LogP) is -0.492. The van der Waals surface area contributed by atoms with Crippen LogP contribution in [0.4, 0.5) is 0 Å². The first kappa shape index (κ1) is 9.70. The molecule has 0 bridgehead atoms. The lowest BCUT2D eigenvalue weighted by atomic mass is 10.00. The molecular weight excluding hydrogens is 174 g/mol. The van der Waals surface area contributed by atoms with Crippen LogP contribution < -0.4 is 0 Å². The first-order valence-corrected chi connectivity index (χ1v) is 4.06. The second kappa shape index (κ2) is 3.55. The van der Waals surface area contributed by atoms with Crippen LogP contribution in [0.5, 0.6) is 0 Å².